The van der Waals surface area contributed by atoms with E-state index in [9.17, 15) is 9.65 Å². The molecule has 1 atom stereocenters. The van der Waals surface area contributed by atoms with E-state index in [-0.39, 0.29) is 17.2 Å². The van der Waals surface area contributed by atoms with Gasteiger partial charge in [0.15, 0.2) is 11.5 Å². The quantitative estimate of drug-likeness (QED) is 0.449. The van der Waals surface area contributed by atoms with Crippen molar-refractivity contribution >= 4 is 27.6 Å². The lowest BCUT2D eigenvalue weighted by molar-refractivity contribution is 0.206. The van der Waals surface area contributed by atoms with Crippen LogP contribution in [0.1, 0.15) is 31.4 Å². The largest absolute Gasteiger partial charge is 0.493 e. The third-order valence-electron chi connectivity index (χ3n) is 3.74. The molecule has 0 aliphatic rings. The highest BCUT2D eigenvalue weighted by atomic mass is 79.9. The molecule has 0 heterocycles. The van der Waals surface area contributed by atoms with E-state index in [1.54, 1.807) is 37.5 Å². The van der Waals surface area contributed by atoms with Gasteiger partial charge in [-0.05, 0) is 59.1 Å². The Balaban J connectivity index is 2.48. The topological polar surface area (TPSA) is 42.2 Å². The SMILES string of the molecule is CCC(C)Oc1c(Br)cc(C=C(C#N)c2ccccc2F)cc1OC. The van der Waals surface area contributed by atoms with Crippen LogP contribution in [0.2, 0.25) is 0 Å². The number of nitriles is 1. The van der Waals surface area contributed by atoms with Gasteiger partial charge in [-0.25, -0.2) is 4.39 Å². The van der Waals surface area contributed by atoms with E-state index in [2.05, 4.69) is 22.0 Å². The number of hydrogen-bond acceptors (Lipinski definition) is 3. The minimum Gasteiger partial charge on any atom is -0.493 e. The fourth-order valence-corrected chi connectivity index (χ4v) is 2.79. The number of ether oxygens (including phenoxy) is 2. The Morgan fingerprint density at radius 1 is 1.36 bits per heavy atom. The molecule has 2 aromatic carbocycles. The van der Waals surface area contributed by atoms with Crippen LogP contribution in [0.25, 0.3) is 11.6 Å². The molecule has 0 saturated heterocycles. The molecule has 0 bridgehead atoms. The van der Waals surface area contributed by atoms with E-state index in [0.29, 0.717) is 21.5 Å². The van der Waals surface area contributed by atoms with Crippen LogP contribution in [0.4, 0.5) is 4.39 Å². The van der Waals surface area contributed by atoms with E-state index in [1.165, 1.54) is 6.07 Å². The molecular weight excluding hydrogens is 385 g/mol. The van der Waals surface area contributed by atoms with Crippen LogP contribution < -0.4 is 9.47 Å². The first-order chi connectivity index (χ1) is 12.0. The number of benzene rings is 2. The first kappa shape index (κ1) is 19.0. The van der Waals surface area contributed by atoms with Crippen molar-refractivity contribution in [2.24, 2.45) is 0 Å². The molecule has 0 spiro atoms. The molecule has 0 saturated carbocycles. The maximum absolute atomic E-state index is 14.0. The Labute approximate surface area is 155 Å². The van der Waals surface area contributed by atoms with E-state index in [1.807, 2.05) is 19.9 Å². The maximum atomic E-state index is 14.0. The van der Waals surface area contributed by atoms with Crippen LogP contribution in [0.15, 0.2) is 40.9 Å². The summed E-state index contributed by atoms with van der Waals surface area (Å²) < 4.78 is 26.0. The predicted octanol–water partition coefficient (Wildman–Crippen LogP) is 5.84. The number of nitrogens with zero attached hydrogens (tertiary/aromatic N) is 1. The zero-order valence-corrected chi connectivity index (χ0v) is 15.9. The van der Waals surface area contributed by atoms with Gasteiger partial charge in [0.2, 0.25) is 0 Å². The Morgan fingerprint density at radius 2 is 2.08 bits per heavy atom. The van der Waals surface area contributed by atoms with Crippen molar-refractivity contribution in [2.45, 2.75) is 26.4 Å². The van der Waals surface area contributed by atoms with Gasteiger partial charge in [0, 0.05) is 5.56 Å². The molecule has 1 unspecified atom stereocenters. The number of halogens is 2. The highest BCUT2D eigenvalue weighted by Crippen LogP contribution is 2.38. The molecular formula is C20H19BrFNO2. The molecule has 5 heteroatoms. The first-order valence-corrected chi connectivity index (χ1v) is 8.70. The monoisotopic (exact) mass is 403 g/mol. The Hall–Kier alpha value is -2.32. The highest BCUT2D eigenvalue weighted by Gasteiger charge is 2.14. The van der Waals surface area contributed by atoms with Crippen LogP contribution in [-0.4, -0.2) is 13.2 Å². The number of methoxy groups -OCH3 is 1. The molecule has 0 aliphatic heterocycles. The summed E-state index contributed by atoms with van der Waals surface area (Å²) >= 11 is 3.49. The molecule has 0 fully saturated rings. The third kappa shape index (κ3) is 4.61. The molecule has 2 aromatic rings. The summed E-state index contributed by atoms with van der Waals surface area (Å²) in [6.07, 6.45) is 2.53. The Bertz CT molecular complexity index is 827. The van der Waals surface area contributed by atoms with Crippen molar-refractivity contribution in [3.63, 3.8) is 0 Å². The standard InChI is InChI=1S/C20H19BrFNO2/c1-4-13(2)25-20-17(21)10-14(11-19(20)24-3)9-15(12-23)16-7-5-6-8-18(16)22/h5-11,13H,4H2,1-3H3. The van der Waals surface area contributed by atoms with E-state index in [0.717, 1.165) is 6.42 Å². The fourth-order valence-electron chi connectivity index (χ4n) is 2.24. The molecule has 0 N–H and O–H groups in total. The van der Waals surface area contributed by atoms with Crippen LogP contribution in [0.5, 0.6) is 11.5 Å². The van der Waals surface area contributed by atoms with Gasteiger partial charge in [-0.15, -0.1) is 0 Å². The van der Waals surface area contributed by atoms with Crippen LogP contribution in [0.3, 0.4) is 0 Å². The van der Waals surface area contributed by atoms with Gasteiger partial charge >= 0.3 is 0 Å². The van der Waals surface area contributed by atoms with Crippen molar-refractivity contribution in [2.75, 3.05) is 7.11 Å². The predicted molar refractivity (Wildman–Crippen MR) is 101 cm³/mol. The molecule has 0 aromatic heterocycles. The lowest BCUT2D eigenvalue weighted by atomic mass is 10.0. The number of rotatable bonds is 6. The average Bonchev–Trinajstić information content (AvgIpc) is 2.62. The van der Waals surface area contributed by atoms with E-state index in [4.69, 9.17) is 9.47 Å². The summed E-state index contributed by atoms with van der Waals surface area (Å²) in [5.41, 5.74) is 1.21. The minimum atomic E-state index is -0.432. The molecule has 130 valence electrons. The molecule has 2 rings (SSSR count). The fraction of sp³-hybridized carbons (Fsp3) is 0.250. The summed E-state index contributed by atoms with van der Waals surface area (Å²) in [6.45, 7) is 4.02. The lowest BCUT2D eigenvalue weighted by Gasteiger charge is -2.17. The van der Waals surface area contributed by atoms with Gasteiger partial charge in [-0.3, -0.25) is 0 Å². The Kier molecular flexibility index (Phi) is 6.60. The summed E-state index contributed by atoms with van der Waals surface area (Å²) in [6, 6.07) is 11.8. The second kappa shape index (κ2) is 8.68. The molecule has 3 nitrogen and oxygen atoms in total. The van der Waals surface area contributed by atoms with Gasteiger partial charge in [0.05, 0.1) is 29.3 Å². The second-order valence-corrected chi connectivity index (χ2v) is 6.37. The normalized spacial score (nSPS) is 12.4. The number of allylic oxidation sites excluding steroid dienone is 1. The van der Waals surface area contributed by atoms with E-state index >= 15 is 0 Å². The van der Waals surface area contributed by atoms with Gasteiger partial charge in [0.1, 0.15) is 5.82 Å². The van der Waals surface area contributed by atoms with Gasteiger partial charge in [0.25, 0.3) is 0 Å². The van der Waals surface area contributed by atoms with Gasteiger partial charge in [-0.2, -0.15) is 5.26 Å². The summed E-state index contributed by atoms with van der Waals surface area (Å²) in [5, 5.41) is 9.41. The van der Waals surface area contributed by atoms with Gasteiger partial charge in [-0.1, -0.05) is 25.1 Å². The van der Waals surface area contributed by atoms with Gasteiger partial charge < -0.3 is 9.47 Å². The highest BCUT2D eigenvalue weighted by molar-refractivity contribution is 9.10. The van der Waals surface area contributed by atoms with Crippen molar-refractivity contribution in [1.29, 1.82) is 5.26 Å². The van der Waals surface area contributed by atoms with Crippen molar-refractivity contribution in [1.82, 2.24) is 0 Å². The number of hydrogen-bond donors (Lipinski definition) is 0. The zero-order chi connectivity index (χ0) is 18.4. The molecule has 0 radical (unpaired) electrons. The van der Waals surface area contributed by atoms with Crippen molar-refractivity contribution in [3.8, 4) is 17.6 Å². The van der Waals surface area contributed by atoms with E-state index < -0.39 is 5.82 Å². The molecule has 25 heavy (non-hydrogen) atoms. The van der Waals surface area contributed by atoms with Crippen LogP contribution in [-0.2, 0) is 0 Å². The minimum absolute atomic E-state index is 0.0414. The summed E-state index contributed by atoms with van der Waals surface area (Å²) in [5.74, 6) is 0.725. The zero-order valence-electron chi connectivity index (χ0n) is 14.3. The summed E-state index contributed by atoms with van der Waals surface area (Å²) in [7, 11) is 1.56. The second-order valence-electron chi connectivity index (χ2n) is 5.52. The smallest absolute Gasteiger partial charge is 0.175 e. The van der Waals surface area contributed by atoms with Crippen LogP contribution >= 0.6 is 15.9 Å². The summed E-state index contributed by atoms with van der Waals surface area (Å²) in [4.78, 5) is 0. The van der Waals surface area contributed by atoms with Crippen LogP contribution in [0, 0.1) is 17.1 Å². The Morgan fingerprint density at radius 3 is 2.68 bits per heavy atom. The third-order valence-corrected chi connectivity index (χ3v) is 4.33. The molecule has 0 amide bonds. The molecule has 0 aliphatic carbocycles. The van der Waals surface area contributed by atoms with Crippen molar-refractivity contribution < 1.29 is 13.9 Å². The first-order valence-electron chi connectivity index (χ1n) is 7.91. The maximum Gasteiger partial charge on any atom is 0.175 e. The average molecular weight is 404 g/mol. The lowest BCUT2D eigenvalue weighted by Crippen LogP contribution is -2.11. The van der Waals surface area contributed by atoms with Crippen molar-refractivity contribution in [3.05, 3.63) is 57.8 Å².